The van der Waals surface area contributed by atoms with Gasteiger partial charge in [-0.3, -0.25) is 9.52 Å². The van der Waals surface area contributed by atoms with E-state index in [4.69, 9.17) is 0 Å². The fourth-order valence-electron chi connectivity index (χ4n) is 1.28. The Hall–Kier alpha value is -1.40. The second-order valence-corrected chi connectivity index (χ2v) is 5.19. The molecule has 0 bridgehead atoms. The second kappa shape index (κ2) is 4.23. The summed E-state index contributed by atoms with van der Waals surface area (Å²) in [5, 5.41) is 0. The molecule has 2 rings (SSSR count). The lowest BCUT2D eigenvalue weighted by Gasteiger charge is -2.08. The van der Waals surface area contributed by atoms with Crippen molar-refractivity contribution in [3.8, 4) is 0 Å². The lowest BCUT2D eigenvalue weighted by molar-refractivity contribution is 0.112. The van der Waals surface area contributed by atoms with E-state index in [1.54, 1.807) is 18.2 Å². The number of carbonyl (C=O) groups excluding carboxylic acids is 1. The Labute approximate surface area is 94.0 Å². The van der Waals surface area contributed by atoms with Crippen molar-refractivity contribution in [1.29, 1.82) is 0 Å². The molecule has 0 heterocycles. The van der Waals surface area contributed by atoms with Crippen molar-refractivity contribution >= 4 is 22.2 Å². The van der Waals surface area contributed by atoms with Gasteiger partial charge in [0, 0.05) is 11.6 Å². The van der Waals surface area contributed by atoms with Gasteiger partial charge in [-0.25, -0.2) is 0 Å². The van der Waals surface area contributed by atoms with Gasteiger partial charge in [0.1, 0.15) is 6.29 Å². The van der Waals surface area contributed by atoms with Gasteiger partial charge in [-0.05, 0) is 25.0 Å². The molecule has 2 N–H and O–H groups in total. The minimum Gasteiger partial charge on any atom is -0.298 e. The van der Waals surface area contributed by atoms with Crippen LogP contribution in [0.1, 0.15) is 23.2 Å². The van der Waals surface area contributed by atoms with Gasteiger partial charge in [0.25, 0.3) is 10.2 Å². The molecule has 1 fully saturated rings. The number of hydrogen-bond donors (Lipinski definition) is 2. The van der Waals surface area contributed by atoms with Crippen LogP contribution in [-0.4, -0.2) is 20.7 Å². The van der Waals surface area contributed by atoms with E-state index in [0.29, 0.717) is 17.5 Å². The predicted molar refractivity (Wildman–Crippen MR) is 60.5 cm³/mol. The summed E-state index contributed by atoms with van der Waals surface area (Å²) in [7, 11) is -3.51. The van der Waals surface area contributed by atoms with E-state index in [1.807, 2.05) is 0 Å². The van der Waals surface area contributed by atoms with E-state index in [1.165, 1.54) is 6.07 Å². The molecule has 5 nitrogen and oxygen atoms in total. The van der Waals surface area contributed by atoms with Crippen LogP contribution in [0.3, 0.4) is 0 Å². The molecule has 86 valence electrons. The SMILES string of the molecule is O=Cc1cccc(NS(=O)(=O)NC2CC2)c1. The van der Waals surface area contributed by atoms with Crippen LogP contribution in [0.2, 0.25) is 0 Å². The summed E-state index contributed by atoms with van der Waals surface area (Å²) in [4.78, 5) is 10.5. The summed E-state index contributed by atoms with van der Waals surface area (Å²) in [6.07, 6.45) is 2.44. The Morgan fingerprint density at radius 2 is 2.06 bits per heavy atom. The van der Waals surface area contributed by atoms with E-state index in [2.05, 4.69) is 9.44 Å². The molecule has 1 aliphatic rings. The highest BCUT2D eigenvalue weighted by atomic mass is 32.2. The number of carbonyl (C=O) groups is 1. The van der Waals surface area contributed by atoms with Gasteiger partial charge in [-0.15, -0.1) is 0 Å². The van der Waals surface area contributed by atoms with Crippen LogP contribution in [0.25, 0.3) is 0 Å². The molecule has 16 heavy (non-hydrogen) atoms. The van der Waals surface area contributed by atoms with Crippen LogP contribution in [0.4, 0.5) is 5.69 Å². The summed E-state index contributed by atoms with van der Waals surface area (Å²) in [6, 6.07) is 6.38. The molecule has 0 aliphatic heterocycles. The molecule has 0 radical (unpaired) electrons. The molecule has 1 aliphatic carbocycles. The standard InChI is InChI=1S/C10H12N2O3S/c13-7-8-2-1-3-10(6-8)12-16(14,15)11-9-4-5-9/h1-3,6-7,9,11-12H,4-5H2. The highest BCUT2D eigenvalue weighted by Gasteiger charge is 2.26. The van der Waals surface area contributed by atoms with Crippen molar-refractivity contribution < 1.29 is 13.2 Å². The summed E-state index contributed by atoms with van der Waals surface area (Å²) in [5.74, 6) is 0. The minimum atomic E-state index is -3.51. The third-order valence-corrected chi connectivity index (χ3v) is 3.32. The van der Waals surface area contributed by atoms with Crippen LogP contribution in [0, 0.1) is 0 Å². The zero-order chi connectivity index (χ0) is 11.6. The molecule has 1 aromatic carbocycles. The molecular formula is C10H12N2O3S. The van der Waals surface area contributed by atoms with Gasteiger partial charge >= 0.3 is 0 Å². The topological polar surface area (TPSA) is 75.3 Å². The highest BCUT2D eigenvalue weighted by Crippen LogP contribution is 2.20. The molecule has 0 saturated heterocycles. The number of benzene rings is 1. The normalized spacial score (nSPS) is 15.8. The number of aldehydes is 1. The summed E-state index contributed by atoms with van der Waals surface area (Å²) in [5.41, 5.74) is 0.823. The molecule has 0 aromatic heterocycles. The monoisotopic (exact) mass is 240 g/mol. The van der Waals surface area contributed by atoms with Crippen LogP contribution in [0.15, 0.2) is 24.3 Å². The fourth-order valence-corrected chi connectivity index (χ4v) is 2.45. The summed E-state index contributed by atoms with van der Waals surface area (Å²) < 4.78 is 27.9. The first-order valence-corrected chi connectivity index (χ1v) is 6.43. The quantitative estimate of drug-likeness (QED) is 0.751. The number of anilines is 1. The maximum atomic E-state index is 11.5. The molecule has 1 aromatic rings. The Kier molecular flexibility index (Phi) is 2.93. The van der Waals surface area contributed by atoms with E-state index in [0.717, 1.165) is 12.8 Å². The predicted octanol–water partition coefficient (Wildman–Crippen LogP) is 0.908. The number of hydrogen-bond acceptors (Lipinski definition) is 3. The first-order valence-electron chi connectivity index (χ1n) is 4.94. The van der Waals surface area contributed by atoms with Crippen LogP contribution < -0.4 is 9.44 Å². The largest absolute Gasteiger partial charge is 0.299 e. The molecule has 0 spiro atoms. The summed E-state index contributed by atoms with van der Waals surface area (Å²) in [6.45, 7) is 0. The summed E-state index contributed by atoms with van der Waals surface area (Å²) >= 11 is 0. The molecular weight excluding hydrogens is 228 g/mol. The van der Waals surface area contributed by atoms with Gasteiger partial charge in [-0.2, -0.15) is 13.1 Å². The van der Waals surface area contributed by atoms with E-state index < -0.39 is 10.2 Å². The average molecular weight is 240 g/mol. The molecule has 6 heteroatoms. The maximum Gasteiger partial charge on any atom is 0.299 e. The third-order valence-electron chi connectivity index (χ3n) is 2.17. The Balaban J connectivity index is 2.09. The van der Waals surface area contributed by atoms with Crippen molar-refractivity contribution in [2.75, 3.05) is 4.72 Å². The number of nitrogens with one attached hydrogen (secondary N) is 2. The smallest absolute Gasteiger partial charge is 0.298 e. The van der Waals surface area contributed by atoms with Crippen molar-refractivity contribution in [3.05, 3.63) is 29.8 Å². The second-order valence-electron chi connectivity index (χ2n) is 3.74. The lowest BCUT2D eigenvalue weighted by Crippen LogP contribution is -2.31. The zero-order valence-electron chi connectivity index (χ0n) is 8.51. The first kappa shape index (κ1) is 11.1. The van der Waals surface area contributed by atoms with Gasteiger partial charge in [0.2, 0.25) is 0 Å². The average Bonchev–Trinajstić information content (AvgIpc) is 3.00. The first-order chi connectivity index (χ1) is 7.59. The minimum absolute atomic E-state index is 0.0618. The molecule has 0 amide bonds. The Bertz CT molecular complexity index is 495. The number of rotatable bonds is 5. The van der Waals surface area contributed by atoms with Crippen LogP contribution in [-0.2, 0) is 10.2 Å². The maximum absolute atomic E-state index is 11.5. The van der Waals surface area contributed by atoms with Crippen molar-refractivity contribution in [2.45, 2.75) is 18.9 Å². The van der Waals surface area contributed by atoms with E-state index >= 15 is 0 Å². The molecule has 0 atom stereocenters. The Morgan fingerprint density at radius 3 is 2.69 bits per heavy atom. The van der Waals surface area contributed by atoms with E-state index in [-0.39, 0.29) is 6.04 Å². The zero-order valence-corrected chi connectivity index (χ0v) is 9.33. The van der Waals surface area contributed by atoms with Crippen molar-refractivity contribution in [3.63, 3.8) is 0 Å². The van der Waals surface area contributed by atoms with Crippen LogP contribution in [0.5, 0.6) is 0 Å². The van der Waals surface area contributed by atoms with Crippen molar-refractivity contribution in [1.82, 2.24) is 4.72 Å². The molecule has 1 saturated carbocycles. The van der Waals surface area contributed by atoms with Gasteiger partial charge in [0.05, 0.1) is 5.69 Å². The third kappa shape index (κ3) is 3.04. The molecule has 0 unspecified atom stereocenters. The fraction of sp³-hybridized carbons (Fsp3) is 0.300. The van der Waals surface area contributed by atoms with Crippen LogP contribution >= 0.6 is 0 Å². The van der Waals surface area contributed by atoms with Gasteiger partial charge < -0.3 is 0 Å². The van der Waals surface area contributed by atoms with E-state index in [9.17, 15) is 13.2 Å². The Morgan fingerprint density at radius 1 is 1.31 bits per heavy atom. The highest BCUT2D eigenvalue weighted by molar-refractivity contribution is 7.90. The van der Waals surface area contributed by atoms with Gasteiger partial charge in [0.15, 0.2) is 0 Å². The van der Waals surface area contributed by atoms with Crippen molar-refractivity contribution in [2.24, 2.45) is 0 Å². The van der Waals surface area contributed by atoms with Gasteiger partial charge in [-0.1, -0.05) is 12.1 Å². The lowest BCUT2D eigenvalue weighted by atomic mass is 10.2.